The lowest BCUT2D eigenvalue weighted by Gasteiger charge is -2.03. The standard InChI is InChI=1S/C16H21N3O/c1-11(2)14-10-15(19-18-14)17-16(20)8-7-13-6-4-5-12(3)9-13/h4-6,9-11H,7-8H2,1-3H3,(H2,17,18,19,20). The van der Waals surface area contributed by atoms with Crippen LogP contribution in [0.25, 0.3) is 0 Å². The predicted octanol–water partition coefficient (Wildman–Crippen LogP) is 3.41. The van der Waals surface area contributed by atoms with Crippen LogP contribution in [-0.4, -0.2) is 16.1 Å². The van der Waals surface area contributed by atoms with Gasteiger partial charge < -0.3 is 5.32 Å². The molecule has 0 spiro atoms. The summed E-state index contributed by atoms with van der Waals surface area (Å²) in [4.78, 5) is 11.9. The van der Waals surface area contributed by atoms with Crippen LogP contribution in [0.3, 0.4) is 0 Å². The number of aromatic nitrogens is 2. The number of carbonyl (C=O) groups excluding carboxylic acids is 1. The van der Waals surface area contributed by atoms with E-state index in [1.54, 1.807) is 0 Å². The number of amides is 1. The number of anilines is 1. The molecule has 1 amide bonds. The Bertz CT molecular complexity index is 587. The molecule has 2 N–H and O–H groups in total. The van der Waals surface area contributed by atoms with Gasteiger partial charge in [-0.15, -0.1) is 0 Å². The van der Waals surface area contributed by atoms with Gasteiger partial charge in [-0.05, 0) is 24.8 Å². The topological polar surface area (TPSA) is 57.8 Å². The zero-order chi connectivity index (χ0) is 14.5. The summed E-state index contributed by atoms with van der Waals surface area (Å²) < 4.78 is 0. The average Bonchev–Trinajstić information content (AvgIpc) is 2.85. The fraction of sp³-hybridized carbons (Fsp3) is 0.375. The molecule has 0 radical (unpaired) electrons. The number of carbonyl (C=O) groups is 1. The highest BCUT2D eigenvalue weighted by Crippen LogP contribution is 2.15. The zero-order valence-corrected chi connectivity index (χ0v) is 12.2. The lowest BCUT2D eigenvalue weighted by Crippen LogP contribution is -2.12. The normalized spacial score (nSPS) is 10.8. The van der Waals surface area contributed by atoms with Crippen molar-refractivity contribution in [2.24, 2.45) is 0 Å². The third-order valence-corrected chi connectivity index (χ3v) is 3.21. The van der Waals surface area contributed by atoms with E-state index in [-0.39, 0.29) is 5.91 Å². The average molecular weight is 271 g/mol. The first-order valence-corrected chi connectivity index (χ1v) is 6.95. The van der Waals surface area contributed by atoms with Crippen LogP contribution in [0, 0.1) is 6.92 Å². The summed E-state index contributed by atoms with van der Waals surface area (Å²) in [5, 5.41) is 9.84. The molecule has 4 nitrogen and oxygen atoms in total. The van der Waals surface area contributed by atoms with Gasteiger partial charge in [-0.1, -0.05) is 43.7 Å². The number of H-pyrrole nitrogens is 1. The largest absolute Gasteiger partial charge is 0.309 e. The van der Waals surface area contributed by atoms with Gasteiger partial charge in [-0.3, -0.25) is 9.89 Å². The van der Waals surface area contributed by atoms with E-state index in [1.807, 2.05) is 18.2 Å². The molecular formula is C16H21N3O. The SMILES string of the molecule is Cc1cccc(CCC(=O)Nc2cc(C(C)C)[nH]n2)c1. The molecule has 1 aromatic carbocycles. The summed E-state index contributed by atoms with van der Waals surface area (Å²) in [7, 11) is 0. The molecule has 106 valence electrons. The molecule has 0 aliphatic heterocycles. The summed E-state index contributed by atoms with van der Waals surface area (Å²) >= 11 is 0. The number of hydrogen-bond acceptors (Lipinski definition) is 2. The maximum atomic E-state index is 11.9. The Balaban J connectivity index is 1.86. The van der Waals surface area contributed by atoms with Gasteiger partial charge in [0.05, 0.1) is 0 Å². The van der Waals surface area contributed by atoms with Gasteiger partial charge in [0.2, 0.25) is 5.91 Å². The van der Waals surface area contributed by atoms with Gasteiger partial charge in [0.15, 0.2) is 5.82 Å². The fourth-order valence-corrected chi connectivity index (χ4v) is 2.03. The van der Waals surface area contributed by atoms with Crippen molar-refractivity contribution in [3.05, 3.63) is 47.2 Å². The van der Waals surface area contributed by atoms with E-state index >= 15 is 0 Å². The highest BCUT2D eigenvalue weighted by Gasteiger charge is 2.08. The lowest BCUT2D eigenvalue weighted by molar-refractivity contribution is -0.116. The van der Waals surface area contributed by atoms with Crippen LogP contribution >= 0.6 is 0 Å². The molecule has 0 saturated heterocycles. The third kappa shape index (κ3) is 3.95. The molecule has 2 rings (SSSR count). The molecule has 4 heteroatoms. The van der Waals surface area contributed by atoms with Crippen LogP contribution in [0.1, 0.15) is 43.0 Å². The van der Waals surface area contributed by atoms with Gasteiger partial charge in [-0.2, -0.15) is 5.10 Å². The molecule has 1 heterocycles. The molecule has 0 atom stereocenters. The number of aryl methyl sites for hydroxylation is 2. The van der Waals surface area contributed by atoms with Crippen molar-refractivity contribution in [1.82, 2.24) is 10.2 Å². The highest BCUT2D eigenvalue weighted by molar-refractivity contribution is 5.89. The summed E-state index contributed by atoms with van der Waals surface area (Å²) in [6.07, 6.45) is 1.21. The number of nitrogens with one attached hydrogen (secondary N) is 2. The number of benzene rings is 1. The van der Waals surface area contributed by atoms with E-state index in [0.29, 0.717) is 18.2 Å². The monoisotopic (exact) mass is 271 g/mol. The molecule has 1 aromatic heterocycles. The Morgan fingerprint density at radius 3 is 2.80 bits per heavy atom. The zero-order valence-electron chi connectivity index (χ0n) is 12.2. The molecular weight excluding hydrogens is 250 g/mol. The fourth-order valence-electron chi connectivity index (χ4n) is 2.03. The summed E-state index contributed by atoms with van der Waals surface area (Å²) in [6, 6.07) is 10.1. The number of aromatic amines is 1. The highest BCUT2D eigenvalue weighted by atomic mass is 16.1. The van der Waals surface area contributed by atoms with E-state index in [2.05, 4.69) is 48.4 Å². The maximum absolute atomic E-state index is 11.9. The van der Waals surface area contributed by atoms with Crippen molar-refractivity contribution in [3.8, 4) is 0 Å². The van der Waals surface area contributed by atoms with Crippen molar-refractivity contribution >= 4 is 11.7 Å². The van der Waals surface area contributed by atoms with Crippen LogP contribution in [-0.2, 0) is 11.2 Å². The molecule has 20 heavy (non-hydrogen) atoms. The quantitative estimate of drug-likeness (QED) is 0.875. The van der Waals surface area contributed by atoms with Crippen LogP contribution < -0.4 is 5.32 Å². The number of rotatable bonds is 5. The first-order chi connectivity index (χ1) is 9.54. The van der Waals surface area contributed by atoms with Gasteiger partial charge in [-0.25, -0.2) is 0 Å². The Kier molecular flexibility index (Phi) is 4.56. The van der Waals surface area contributed by atoms with Crippen LogP contribution in [0.4, 0.5) is 5.82 Å². The van der Waals surface area contributed by atoms with Crippen molar-refractivity contribution < 1.29 is 4.79 Å². The van der Waals surface area contributed by atoms with Gasteiger partial charge in [0, 0.05) is 18.2 Å². The molecule has 0 fully saturated rings. The van der Waals surface area contributed by atoms with Gasteiger partial charge in [0.25, 0.3) is 0 Å². The Hall–Kier alpha value is -2.10. The Morgan fingerprint density at radius 2 is 2.15 bits per heavy atom. The minimum absolute atomic E-state index is 0.00619. The molecule has 0 unspecified atom stereocenters. The van der Waals surface area contributed by atoms with Crippen LogP contribution in [0.2, 0.25) is 0 Å². The second kappa shape index (κ2) is 6.37. The third-order valence-electron chi connectivity index (χ3n) is 3.21. The molecule has 0 bridgehead atoms. The van der Waals surface area contributed by atoms with E-state index in [1.165, 1.54) is 11.1 Å². The van der Waals surface area contributed by atoms with Crippen molar-refractivity contribution in [1.29, 1.82) is 0 Å². The number of nitrogens with zero attached hydrogens (tertiary/aromatic N) is 1. The predicted molar refractivity (Wildman–Crippen MR) is 80.8 cm³/mol. The van der Waals surface area contributed by atoms with Crippen LogP contribution in [0.15, 0.2) is 30.3 Å². The second-order valence-electron chi connectivity index (χ2n) is 5.40. The second-order valence-corrected chi connectivity index (χ2v) is 5.40. The van der Waals surface area contributed by atoms with Crippen molar-refractivity contribution in [2.45, 2.75) is 39.5 Å². The summed E-state index contributed by atoms with van der Waals surface area (Å²) in [6.45, 7) is 6.22. The van der Waals surface area contributed by atoms with Gasteiger partial charge in [0.1, 0.15) is 0 Å². The lowest BCUT2D eigenvalue weighted by atomic mass is 10.1. The molecule has 2 aromatic rings. The molecule has 0 saturated carbocycles. The molecule has 0 aliphatic carbocycles. The first kappa shape index (κ1) is 14.3. The minimum atomic E-state index is -0.00619. The minimum Gasteiger partial charge on any atom is -0.309 e. The number of hydrogen-bond donors (Lipinski definition) is 2. The van der Waals surface area contributed by atoms with Crippen LogP contribution in [0.5, 0.6) is 0 Å². The van der Waals surface area contributed by atoms with Gasteiger partial charge >= 0.3 is 0 Å². The van der Waals surface area contributed by atoms with Crippen molar-refractivity contribution in [2.75, 3.05) is 5.32 Å². The van der Waals surface area contributed by atoms with E-state index < -0.39 is 0 Å². The first-order valence-electron chi connectivity index (χ1n) is 6.95. The maximum Gasteiger partial charge on any atom is 0.225 e. The Labute approximate surface area is 119 Å². The van der Waals surface area contributed by atoms with E-state index in [4.69, 9.17) is 0 Å². The molecule has 0 aliphatic rings. The van der Waals surface area contributed by atoms with E-state index in [9.17, 15) is 4.79 Å². The Morgan fingerprint density at radius 1 is 1.35 bits per heavy atom. The smallest absolute Gasteiger partial charge is 0.225 e. The summed E-state index contributed by atoms with van der Waals surface area (Å²) in [5.41, 5.74) is 3.43. The van der Waals surface area contributed by atoms with Crippen molar-refractivity contribution in [3.63, 3.8) is 0 Å². The van der Waals surface area contributed by atoms with E-state index in [0.717, 1.165) is 12.1 Å². The summed E-state index contributed by atoms with van der Waals surface area (Å²) in [5.74, 6) is 0.969.